The van der Waals surface area contributed by atoms with Crippen molar-refractivity contribution in [3.63, 3.8) is 0 Å². The molecule has 0 aromatic heterocycles. The molecular weight excluding hydrogens is 996 g/mol. The molecule has 462 valence electrons. The normalized spacial score (nSPS) is 14.2. The van der Waals surface area contributed by atoms with E-state index in [2.05, 4.69) is 79.9 Å². The summed E-state index contributed by atoms with van der Waals surface area (Å²) >= 11 is 0. The monoisotopic (exact) mass is 1130 g/mol. The smallest absolute Gasteiger partial charge is 0.268 e. The van der Waals surface area contributed by atoms with Crippen LogP contribution >= 0.6 is 7.82 Å². The molecule has 9 heteroatoms. The van der Waals surface area contributed by atoms with Gasteiger partial charge >= 0.3 is 0 Å². The summed E-state index contributed by atoms with van der Waals surface area (Å²) in [6.07, 6.45) is 84.5. The Balaban J connectivity index is 4.18. The maximum absolute atomic E-state index is 13.0. The topological polar surface area (TPSA) is 108 Å². The van der Waals surface area contributed by atoms with Crippen LogP contribution in [0.5, 0.6) is 0 Å². The summed E-state index contributed by atoms with van der Waals surface area (Å²) < 4.78 is 23.4. The first-order valence-electron chi connectivity index (χ1n) is 33.8. The van der Waals surface area contributed by atoms with Crippen molar-refractivity contribution < 1.29 is 32.9 Å². The quantitative estimate of drug-likeness (QED) is 0.0272. The second kappa shape index (κ2) is 60.5. The highest BCUT2D eigenvalue weighted by atomic mass is 31.2. The van der Waals surface area contributed by atoms with Crippen molar-refractivity contribution >= 4 is 13.7 Å². The van der Waals surface area contributed by atoms with E-state index in [1.54, 1.807) is 6.08 Å². The highest BCUT2D eigenvalue weighted by Crippen LogP contribution is 2.38. The van der Waals surface area contributed by atoms with E-state index >= 15 is 0 Å². The fraction of sp³-hybridized carbons (Fsp3) is 0.814. The van der Waals surface area contributed by atoms with Gasteiger partial charge in [-0.15, -0.1) is 0 Å². The third kappa shape index (κ3) is 63.4. The standard InChI is InChI=1S/C70H131N2O6P/c1-6-8-10-12-14-16-18-20-22-24-26-28-30-32-34-35-36-38-39-41-43-45-47-49-51-53-55-57-59-61-63-69(73)68(67-78-79(75,76)77-66-65-72(3,4)5)71-70(74)64-62-60-58-56-54-52-50-48-46-44-42-40-37-33-31-29-27-25-23-21-19-17-15-13-11-9-7-2/h19,21,25,27,31,33,45,47,53,55,61,63,68-69,73H,6-18,20,22-24,26,28-30,32,34-44,46,48-52,54,56-60,62,64-67H2,1-5H3,(H-,71,74,75,76)/b21-19-,27-25-,33-31-,47-45+,55-53+,63-61+. The third-order valence-electron chi connectivity index (χ3n) is 15.1. The second-order valence-electron chi connectivity index (χ2n) is 24.2. The number of rotatable bonds is 62. The lowest BCUT2D eigenvalue weighted by molar-refractivity contribution is -0.870. The molecule has 1 amide bonds. The van der Waals surface area contributed by atoms with Crippen molar-refractivity contribution in [3.8, 4) is 0 Å². The zero-order valence-corrected chi connectivity index (χ0v) is 53.7. The Morgan fingerprint density at radius 2 is 0.747 bits per heavy atom. The van der Waals surface area contributed by atoms with Gasteiger partial charge in [0.15, 0.2) is 0 Å². The van der Waals surface area contributed by atoms with Crippen molar-refractivity contribution in [2.45, 2.75) is 328 Å². The predicted molar refractivity (Wildman–Crippen MR) is 344 cm³/mol. The van der Waals surface area contributed by atoms with E-state index in [4.69, 9.17) is 9.05 Å². The lowest BCUT2D eigenvalue weighted by Crippen LogP contribution is -2.45. The van der Waals surface area contributed by atoms with E-state index < -0.39 is 26.6 Å². The van der Waals surface area contributed by atoms with Crippen LogP contribution in [0.25, 0.3) is 0 Å². The molecular formula is C70H131N2O6P. The van der Waals surface area contributed by atoms with Crippen LogP contribution in [-0.2, 0) is 18.4 Å². The van der Waals surface area contributed by atoms with Gasteiger partial charge in [0.05, 0.1) is 39.9 Å². The number of hydrogen-bond acceptors (Lipinski definition) is 6. The Labute approximate surface area is 491 Å². The van der Waals surface area contributed by atoms with Crippen LogP contribution in [0.15, 0.2) is 72.9 Å². The van der Waals surface area contributed by atoms with Gasteiger partial charge in [-0.1, -0.05) is 299 Å². The predicted octanol–water partition coefficient (Wildman–Crippen LogP) is 20.8. The molecule has 0 saturated carbocycles. The third-order valence-corrected chi connectivity index (χ3v) is 16.1. The minimum Gasteiger partial charge on any atom is -0.756 e. The van der Waals surface area contributed by atoms with Crippen molar-refractivity contribution in [3.05, 3.63) is 72.9 Å². The number of phosphoric ester groups is 1. The van der Waals surface area contributed by atoms with Crippen molar-refractivity contribution in [1.82, 2.24) is 5.32 Å². The Hall–Kier alpha value is -2.06. The van der Waals surface area contributed by atoms with E-state index in [0.717, 1.165) is 57.8 Å². The van der Waals surface area contributed by atoms with E-state index in [-0.39, 0.29) is 12.5 Å². The summed E-state index contributed by atoms with van der Waals surface area (Å²) in [7, 11) is 1.24. The van der Waals surface area contributed by atoms with Gasteiger partial charge in [0.2, 0.25) is 5.91 Å². The molecule has 0 aromatic rings. The Bertz CT molecular complexity index is 1520. The van der Waals surface area contributed by atoms with Crippen LogP contribution in [0.1, 0.15) is 316 Å². The van der Waals surface area contributed by atoms with Gasteiger partial charge in [-0.05, 0) is 83.5 Å². The Kier molecular flexibility index (Phi) is 59.0. The number of aliphatic hydroxyl groups is 1. The molecule has 0 fully saturated rings. The van der Waals surface area contributed by atoms with Gasteiger partial charge in [-0.2, -0.15) is 0 Å². The molecule has 0 aliphatic rings. The Morgan fingerprint density at radius 1 is 0.443 bits per heavy atom. The van der Waals surface area contributed by atoms with Gasteiger partial charge in [0.1, 0.15) is 13.2 Å². The van der Waals surface area contributed by atoms with Gasteiger partial charge in [-0.3, -0.25) is 9.36 Å². The van der Waals surface area contributed by atoms with Gasteiger partial charge in [0.25, 0.3) is 7.82 Å². The number of allylic oxidation sites excluding steroid dienone is 11. The van der Waals surface area contributed by atoms with Crippen LogP contribution in [0, 0.1) is 0 Å². The highest BCUT2D eigenvalue weighted by molar-refractivity contribution is 7.45. The summed E-state index contributed by atoms with van der Waals surface area (Å²) in [5.74, 6) is -0.212. The molecule has 0 aliphatic carbocycles. The molecule has 2 N–H and O–H groups in total. The van der Waals surface area contributed by atoms with E-state index in [9.17, 15) is 19.4 Å². The number of carbonyl (C=O) groups is 1. The number of aliphatic hydroxyl groups excluding tert-OH is 1. The molecule has 0 spiro atoms. The van der Waals surface area contributed by atoms with E-state index in [1.807, 2.05) is 27.2 Å². The zero-order chi connectivity index (χ0) is 57.7. The first kappa shape index (κ1) is 76.9. The molecule has 79 heavy (non-hydrogen) atoms. The van der Waals surface area contributed by atoms with Crippen molar-refractivity contribution in [1.29, 1.82) is 0 Å². The molecule has 0 radical (unpaired) electrons. The lowest BCUT2D eigenvalue weighted by Gasteiger charge is -2.29. The maximum Gasteiger partial charge on any atom is 0.268 e. The number of quaternary nitrogens is 1. The second-order valence-corrected chi connectivity index (χ2v) is 25.6. The summed E-state index contributed by atoms with van der Waals surface area (Å²) in [5.41, 5.74) is 0. The van der Waals surface area contributed by atoms with Crippen molar-refractivity contribution in [2.75, 3.05) is 40.9 Å². The molecule has 0 saturated heterocycles. The average Bonchev–Trinajstić information content (AvgIpc) is 3.42. The van der Waals surface area contributed by atoms with Gasteiger partial charge < -0.3 is 28.8 Å². The van der Waals surface area contributed by atoms with Crippen LogP contribution in [-0.4, -0.2) is 68.5 Å². The molecule has 0 aliphatic heterocycles. The van der Waals surface area contributed by atoms with Crippen molar-refractivity contribution in [2.24, 2.45) is 0 Å². The number of amides is 1. The zero-order valence-electron chi connectivity index (χ0n) is 52.8. The molecule has 3 unspecified atom stereocenters. The molecule has 8 nitrogen and oxygen atoms in total. The minimum absolute atomic E-state index is 0.0115. The highest BCUT2D eigenvalue weighted by Gasteiger charge is 2.23. The molecule has 0 bridgehead atoms. The average molecular weight is 1130 g/mol. The summed E-state index contributed by atoms with van der Waals surface area (Å²) in [6, 6.07) is -0.916. The SMILES string of the molecule is CCCCCCC/C=C\C/C=C\C/C=C\CCCCCCCCCCCCCCC(=O)NC(COP(=O)([O-])OCC[N+](C)(C)C)C(O)/C=C/CC/C=C/CC/C=C/CCCCCCCCCCCCCCCCCCCCCC. The van der Waals surface area contributed by atoms with Gasteiger partial charge in [-0.25, -0.2) is 0 Å². The maximum atomic E-state index is 13.0. The first-order valence-corrected chi connectivity index (χ1v) is 35.3. The Morgan fingerprint density at radius 3 is 1.11 bits per heavy atom. The van der Waals surface area contributed by atoms with Crippen LogP contribution < -0.4 is 10.2 Å². The summed E-state index contributed by atoms with van der Waals surface area (Å²) in [6.45, 7) is 4.64. The fourth-order valence-corrected chi connectivity index (χ4v) is 10.6. The van der Waals surface area contributed by atoms with Crippen LogP contribution in [0.2, 0.25) is 0 Å². The van der Waals surface area contributed by atoms with E-state index in [1.165, 1.54) is 238 Å². The molecule has 0 heterocycles. The number of nitrogens with one attached hydrogen (secondary N) is 1. The summed E-state index contributed by atoms with van der Waals surface area (Å²) in [5, 5.41) is 13.9. The van der Waals surface area contributed by atoms with E-state index in [0.29, 0.717) is 17.4 Å². The number of phosphoric acid groups is 1. The lowest BCUT2D eigenvalue weighted by atomic mass is 10.0. The van der Waals surface area contributed by atoms with Crippen LogP contribution in [0.4, 0.5) is 0 Å². The number of unbranched alkanes of at least 4 members (excludes halogenated alkanes) is 39. The number of likely N-dealkylation sites (N-methyl/N-ethyl adjacent to an activating group) is 1. The number of nitrogens with zero attached hydrogens (tertiary/aromatic N) is 1. The molecule has 3 atom stereocenters. The fourth-order valence-electron chi connectivity index (χ4n) is 9.84. The van der Waals surface area contributed by atoms with Gasteiger partial charge in [0, 0.05) is 6.42 Å². The number of hydrogen-bond donors (Lipinski definition) is 2. The largest absolute Gasteiger partial charge is 0.756 e. The van der Waals surface area contributed by atoms with Crippen LogP contribution in [0.3, 0.4) is 0 Å². The molecule has 0 rings (SSSR count). The minimum atomic E-state index is -4.62. The summed E-state index contributed by atoms with van der Waals surface area (Å²) in [4.78, 5) is 25.6. The first-order chi connectivity index (χ1) is 38.5. The number of carbonyl (C=O) groups excluding carboxylic acids is 1. The molecule has 0 aromatic carbocycles.